The smallest absolute Gasteiger partial charge is 0.323 e. The molecule has 5 aromatic rings. The van der Waals surface area contributed by atoms with Crippen molar-refractivity contribution in [2.24, 2.45) is 0 Å². The molecule has 8 nitrogen and oxygen atoms in total. The van der Waals surface area contributed by atoms with Gasteiger partial charge in [0.25, 0.3) is 5.89 Å². The highest BCUT2D eigenvalue weighted by Crippen LogP contribution is 2.23. The Morgan fingerprint density at radius 1 is 1.00 bits per heavy atom. The van der Waals surface area contributed by atoms with Crippen molar-refractivity contribution in [1.29, 1.82) is 0 Å². The van der Waals surface area contributed by atoms with Gasteiger partial charge in [-0.05, 0) is 36.8 Å². The molecule has 0 unspecified atom stereocenters. The van der Waals surface area contributed by atoms with Gasteiger partial charge in [0, 0.05) is 24.0 Å². The minimum absolute atomic E-state index is 0.364. The van der Waals surface area contributed by atoms with Crippen LogP contribution >= 0.6 is 11.6 Å². The molecule has 0 radical (unpaired) electrons. The average molecular weight is 485 g/mol. The Bertz CT molecular complexity index is 1460. The van der Waals surface area contributed by atoms with Gasteiger partial charge < -0.3 is 19.7 Å². The molecular formula is C26H21ClN6O2. The fourth-order valence-electron chi connectivity index (χ4n) is 3.46. The number of imidazole rings is 1. The number of carbonyl (C=O) groups excluding carboxylic acids is 1. The first-order valence-electron chi connectivity index (χ1n) is 10.9. The summed E-state index contributed by atoms with van der Waals surface area (Å²) in [5.74, 6) is 0.889. The second-order valence-corrected chi connectivity index (χ2v) is 8.38. The number of aryl methyl sites for hydroxylation is 1. The molecule has 0 saturated heterocycles. The summed E-state index contributed by atoms with van der Waals surface area (Å²) in [4.78, 5) is 21.1. The lowest BCUT2D eigenvalue weighted by Gasteiger charge is -2.09. The maximum Gasteiger partial charge on any atom is 0.323 e. The molecule has 5 rings (SSSR count). The van der Waals surface area contributed by atoms with E-state index in [-0.39, 0.29) is 6.03 Å². The number of halogens is 1. The zero-order valence-electron chi connectivity index (χ0n) is 18.8. The van der Waals surface area contributed by atoms with Crippen molar-refractivity contribution in [3.05, 3.63) is 101 Å². The first-order valence-corrected chi connectivity index (χ1v) is 11.3. The lowest BCUT2D eigenvalue weighted by Crippen LogP contribution is -2.19. The third-order valence-corrected chi connectivity index (χ3v) is 5.62. The van der Waals surface area contributed by atoms with E-state index in [0.29, 0.717) is 40.4 Å². The lowest BCUT2D eigenvalue weighted by molar-refractivity contribution is 0.262. The highest BCUT2D eigenvalue weighted by Gasteiger charge is 2.13. The molecule has 0 bridgehead atoms. The third kappa shape index (κ3) is 5.39. The van der Waals surface area contributed by atoms with E-state index in [1.807, 2.05) is 66.2 Å². The summed E-state index contributed by atoms with van der Waals surface area (Å²) < 4.78 is 7.34. The Morgan fingerprint density at radius 2 is 1.77 bits per heavy atom. The van der Waals surface area contributed by atoms with Gasteiger partial charge in [-0.3, -0.25) is 0 Å². The van der Waals surface area contributed by atoms with Crippen molar-refractivity contribution in [1.82, 2.24) is 19.7 Å². The van der Waals surface area contributed by atoms with Crippen LogP contribution in [0, 0.1) is 6.92 Å². The number of para-hydroxylation sites is 1. The number of aromatic nitrogens is 4. The van der Waals surface area contributed by atoms with E-state index in [4.69, 9.17) is 16.1 Å². The Labute approximate surface area is 206 Å². The maximum absolute atomic E-state index is 12.2. The molecular weight excluding hydrogens is 464 g/mol. The molecule has 2 heterocycles. The quantitative estimate of drug-likeness (QED) is 0.296. The Kier molecular flexibility index (Phi) is 6.28. The Morgan fingerprint density at radius 3 is 2.54 bits per heavy atom. The van der Waals surface area contributed by atoms with Crippen LogP contribution in [-0.4, -0.2) is 25.7 Å². The number of nitrogens with zero attached hydrogens (tertiary/aromatic N) is 4. The van der Waals surface area contributed by atoms with Crippen molar-refractivity contribution in [2.75, 3.05) is 10.6 Å². The van der Waals surface area contributed by atoms with Gasteiger partial charge in [-0.15, -0.1) is 0 Å². The summed E-state index contributed by atoms with van der Waals surface area (Å²) in [5, 5.41) is 10.1. The van der Waals surface area contributed by atoms with Gasteiger partial charge in [0.05, 0.1) is 17.0 Å². The fraction of sp³-hybridized carbons (Fsp3) is 0.0769. The molecule has 0 aliphatic carbocycles. The minimum atomic E-state index is -0.366. The number of urea groups is 1. The second-order valence-electron chi connectivity index (χ2n) is 7.98. The van der Waals surface area contributed by atoms with Crippen LogP contribution in [0.1, 0.15) is 11.1 Å². The molecule has 2 N–H and O–H groups in total. The number of benzene rings is 3. The van der Waals surface area contributed by atoms with Gasteiger partial charge >= 0.3 is 6.03 Å². The number of anilines is 2. The number of rotatable bonds is 6. The predicted molar refractivity (Wildman–Crippen MR) is 135 cm³/mol. The van der Waals surface area contributed by atoms with Crippen LogP contribution in [0.3, 0.4) is 0 Å². The van der Waals surface area contributed by atoms with Crippen LogP contribution in [0.4, 0.5) is 16.2 Å². The van der Waals surface area contributed by atoms with Crippen LogP contribution < -0.4 is 10.6 Å². The highest BCUT2D eigenvalue weighted by atomic mass is 35.5. The van der Waals surface area contributed by atoms with Gasteiger partial charge in [0.1, 0.15) is 5.69 Å². The van der Waals surface area contributed by atoms with Gasteiger partial charge in [-0.1, -0.05) is 70.9 Å². The molecule has 0 aliphatic rings. The SMILES string of the molecule is Cc1ccc(-c2noc(-c3cn(Cc4ccc(NC(=O)Nc5ccccc5Cl)cc4)cn3)n2)cc1. The van der Waals surface area contributed by atoms with Crippen LogP contribution in [-0.2, 0) is 6.54 Å². The van der Waals surface area contributed by atoms with E-state index >= 15 is 0 Å². The minimum Gasteiger partial charge on any atom is -0.332 e. The first kappa shape index (κ1) is 22.4. The number of nitrogens with one attached hydrogen (secondary N) is 2. The van der Waals surface area contributed by atoms with E-state index in [1.165, 1.54) is 5.56 Å². The molecule has 0 fully saturated rings. The Balaban J connectivity index is 1.20. The predicted octanol–water partition coefficient (Wildman–Crippen LogP) is 6.25. The van der Waals surface area contributed by atoms with Crippen LogP contribution in [0.25, 0.3) is 23.0 Å². The topological polar surface area (TPSA) is 97.9 Å². The summed E-state index contributed by atoms with van der Waals surface area (Å²) in [6, 6.07) is 22.2. The van der Waals surface area contributed by atoms with Gasteiger partial charge in [0.15, 0.2) is 0 Å². The van der Waals surface area contributed by atoms with Crippen molar-refractivity contribution in [3.63, 3.8) is 0 Å². The number of hydrogen-bond acceptors (Lipinski definition) is 5. The number of hydrogen-bond donors (Lipinski definition) is 2. The largest absolute Gasteiger partial charge is 0.332 e. The van der Waals surface area contributed by atoms with Gasteiger partial charge in [-0.2, -0.15) is 4.98 Å². The summed E-state index contributed by atoms with van der Waals surface area (Å²) in [6.07, 6.45) is 3.57. The van der Waals surface area contributed by atoms with Crippen molar-refractivity contribution in [2.45, 2.75) is 13.5 Å². The zero-order valence-corrected chi connectivity index (χ0v) is 19.5. The van der Waals surface area contributed by atoms with Crippen LogP contribution in [0.15, 0.2) is 89.8 Å². The monoisotopic (exact) mass is 484 g/mol. The van der Waals surface area contributed by atoms with Crippen molar-refractivity contribution < 1.29 is 9.32 Å². The molecule has 9 heteroatoms. The molecule has 174 valence electrons. The van der Waals surface area contributed by atoms with Crippen molar-refractivity contribution in [3.8, 4) is 23.0 Å². The average Bonchev–Trinajstić information content (AvgIpc) is 3.52. The molecule has 0 atom stereocenters. The molecule has 0 saturated carbocycles. The lowest BCUT2D eigenvalue weighted by atomic mass is 10.1. The second kappa shape index (κ2) is 9.82. The molecule has 2 amide bonds. The molecule has 3 aromatic carbocycles. The first-order chi connectivity index (χ1) is 17.0. The van der Waals surface area contributed by atoms with Crippen LogP contribution in [0.5, 0.6) is 0 Å². The summed E-state index contributed by atoms with van der Waals surface area (Å²) >= 11 is 6.08. The van der Waals surface area contributed by atoms with E-state index in [0.717, 1.165) is 11.1 Å². The van der Waals surface area contributed by atoms with Gasteiger partial charge in [0.2, 0.25) is 5.82 Å². The summed E-state index contributed by atoms with van der Waals surface area (Å²) in [6.45, 7) is 2.62. The summed E-state index contributed by atoms with van der Waals surface area (Å²) in [5.41, 5.74) is 4.91. The molecule has 0 spiro atoms. The Hall–Kier alpha value is -4.43. The van der Waals surface area contributed by atoms with Crippen molar-refractivity contribution >= 4 is 29.0 Å². The normalized spacial score (nSPS) is 10.8. The summed E-state index contributed by atoms with van der Waals surface area (Å²) in [7, 11) is 0. The van der Waals surface area contributed by atoms with E-state index in [2.05, 4.69) is 25.8 Å². The van der Waals surface area contributed by atoms with E-state index in [1.54, 1.807) is 30.6 Å². The van der Waals surface area contributed by atoms with Crippen LogP contribution in [0.2, 0.25) is 5.02 Å². The number of carbonyl (C=O) groups is 1. The zero-order chi connectivity index (χ0) is 24.2. The van der Waals surface area contributed by atoms with Gasteiger partial charge in [-0.25, -0.2) is 9.78 Å². The van der Waals surface area contributed by atoms with E-state index < -0.39 is 0 Å². The molecule has 0 aliphatic heterocycles. The van der Waals surface area contributed by atoms with E-state index in [9.17, 15) is 4.79 Å². The maximum atomic E-state index is 12.2. The highest BCUT2D eigenvalue weighted by molar-refractivity contribution is 6.33. The fourth-order valence-corrected chi connectivity index (χ4v) is 3.64. The number of amides is 2. The molecule has 35 heavy (non-hydrogen) atoms. The standard InChI is InChI=1S/C26H21ClN6O2/c1-17-6-10-19(11-7-17)24-31-25(35-32-24)23-15-33(16-28-23)14-18-8-12-20(13-9-18)29-26(34)30-22-5-3-2-4-21(22)27/h2-13,15-16H,14H2,1H3,(H2,29,30,34). The third-order valence-electron chi connectivity index (χ3n) is 5.29. The molecule has 2 aromatic heterocycles.